The normalized spacial score (nSPS) is 30.6. The third-order valence-electron chi connectivity index (χ3n) is 16.3. The monoisotopic (exact) mass is 1070 g/mol. The number of allylic oxidation sites excluding steroid dienone is 4. The predicted molar refractivity (Wildman–Crippen MR) is 286 cm³/mol. The summed E-state index contributed by atoms with van der Waals surface area (Å²) in [6, 6.07) is 6.15. The van der Waals surface area contributed by atoms with Gasteiger partial charge >= 0.3 is 11.8 Å². The summed E-state index contributed by atoms with van der Waals surface area (Å²) in [7, 11) is 1.43. The summed E-state index contributed by atoms with van der Waals surface area (Å²) in [6.45, 7) is 19.7. The highest BCUT2D eigenvalue weighted by Crippen LogP contribution is 2.50. The highest BCUT2D eigenvalue weighted by Gasteiger charge is 2.54. The number of aliphatic hydroxyl groups is 2. The summed E-state index contributed by atoms with van der Waals surface area (Å²) in [4.78, 5) is 82.9. The molecular formula is C58H75FN6O12. The highest BCUT2D eigenvalue weighted by atomic mass is 19.1. The first kappa shape index (κ1) is 56.8. The Balaban J connectivity index is 1.12. The molecule has 416 valence electrons. The number of aromatic hydroxyl groups is 1. The van der Waals surface area contributed by atoms with Gasteiger partial charge in [0.2, 0.25) is 11.7 Å². The van der Waals surface area contributed by atoms with Crippen LogP contribution in [-0.2, 0) is 28.6 Å². The van der Waals surface area contributed by atoms with E-state index in [9.17, 15) is 43.7 Å². The van der Waals surface area contributed by atoms with Crippen LogP contribution in [0.25, 0.3) is 0 Å². The molecule has 2 fully saturated rings. The average molecular weight is 1070 g/mol. The van der Waals surface area contributed by atoms with Gasteiger partial charge in [-0.05, 0) is 56.5 Å². The number of likely N-dealkylation sites (tertiary alicyclic amines) is 1. The number of rotatable bonds is 7. The van der Waals surface area contributed by atoms with E-state index >= 15 is 0 Å². The molecule has 1 spiro atoms. The van der Waals surface area contributed by atoms with Gasteiger partial charge in [0, 0.05) is 119 Å². The van der Waals surface area contributed by atoms with Crippen LogP contribution in [0.1, 0.15) is 113 Å². The first-order valence-electron chi connectivity index (χ1n) is 26.9. The fourth-order valence-electron chi connectivity index (χ4n) is 11.6. The number of nitrogens with zero attached hydrogens (tertiary/aromatic N) is 4. The number of fused-ring (bicyclic) bond motifs is 13. The van der Waals surface area contributed by atoms with Gasteiger partial charge in [0.1, 0.15) is 41.2 Å². The maximum Gasteiger partial charge on any atom is 0.315 e. The molecular weight excluding hydrogens is 992 g/mol. The molecule has 7 aliphatic rings. The Hall–Kier alpha value is -6.41. The zero-order valence-electron chi connectivity index (χ0n) is 45.9. The molecule has 2 amide bonds. The van der Waals surface area contributed by atoms with Crippen LogP contribution in [0.4, 0.5) is 10.1 Å². The van der Waals surface area contributed by atoms with Crippen molar-refractivity contribution in [3.05, 3.63) is 99.9 Å². The second-order valence-corrected chi connectivity index (χ2v) is 22.3. The minimum absolute atomic E-state index is 0.00909. The first-order chi connectivity index (χ1) is 36.5. The van der Waals surface area contributed by atoms with Gasteiger partial charge in [-0.3, -0.25) is 29.0 Å². The second kappa shape index (κ2) is 22.9. The number of hydrogen-bond donors (Lipinski definition) is 5. The molecule has 5 N–H and O–H groups in total. The molecule has 9 rings (SSSR count). The molecule has 6 aliphatic heterocycles. The molecule has 77 heavy (non-hydrogen) atoms. The number of aliphatic hydroxyl groups excluding tert-OH is 2. The van der Waals surface area contributed by atoms with Crippen LogP contribution in [0.2, 0.25) is 0 Å². The van der Waals surface area contributed by atoms with Crippen molar-refractivity contribution in [2.24, 2.45) is 34.6 Å². The number of halogens is 1. The number of ketones is 2. The quantitative estimate of drug-likeness (QED) is 0.162. The lowest BCUT2D eigenvalue weighted by atomic mass is 9.78. The topological polar surface area (TPSA) is 229 Å². The molecule has 0 aromatic heterocycles. The van der Waals surface area contributed by atoms with Crippen LogP contribution >= 0.6 is 0 Å². The second-order valence-electron chi connectivity index (χ2n) is 22.3. The fraction of sp³-hybridized carbons (Fsp3) is 0.552. The smallest absolute Gasteiger partial charge is 0.315 e. The van der Waals surface area contributed by atoms with Crippen molar-refractivity contribution < 1.29 is 62.6 Å². The number of anilines is 1. The summed E-state index contributed by atoms with van der Waals surface area (Å²) in [5.74, 6) is -8.72. The van der Waals surface area contributed by atoms with Gasteiger partial charge in [0.15, 0.2) is 0 Å². The lowest BCUT2D eigenvalue weighted by Crippen LogP contribution is -2.50. The van der Waals surface area contributed by atoms with Crippen LogP contribution in [-0.4, -0.2) is 149 Å². The van der Waals surface area contributed by atoms with E-state index in [0.717, 1.165) is 12.2 Å². The fourth-order valence-corrected chi connectivity index (χ4v) is 11.6. The van der Waals surface area contributed by atoms with Gasteiger partial charge in [0.25, 0.3) is 11.7 Å². The first-order valence-corrected chi connectivity index (χ1v) is 26.9. The largest absolute Gasteiger partial charge is 0.507 e. The van der Waals surface area contributed by atoms with E-state index in [1.54, 1.807) is 63.8 Å². The third-order valence-corrected chi connectivity index (χ3v) is 16.3. The zero-order valence-corrected chi connectivity index (χ0v) is 45.9. The van der Waals surface area contributed by atoms with Crippen molar-refractivity contribution in [3.8, 4) is 11.5 Å². The number of nitrogens with one attached hydrogen (secondary N) is 2. The molecule has 2 saturated heterocycles. The Labute approximate surface area is 450 Å². The van der Waals surface area contributed by atoms with Gasteiger partial charge < -0.3 is 59.6 Å². The SMILES string of the molecule is COC1/C=C/OC2(C)Oc3c(C)c(O)c4c(c3C2=O)C2=NC3(CCN(CC(C)C)CC3)NC2=C(NC(=O)/C(C)=C\C=C\C(C)[C@H](O)[C@@H](C)C(O)[C@@H](C)C(OC(=O)CC(=O)N2CCCN(c3ccc(F)cc3)CC2)[C@@H]1C)C4=O. The maximum absolute atomic E-state index is 15.0. The van der Waals surface area contributed by atoms with E-state index in [0.29, 0.717) is 64.4 Å². The summed E-state index contributed by atoms with van der Waals surface area (Å²) < 4.78 is 38.3. The molecule has 6 heterocycles. The summed E-state index contributed by atoms with van der Waals surface area (Å²) in [6.07, 6.45) is 4.22. The number of methoxy groups -OCH3 is 1. The van der Waals surface area contributed by atoms with Crippen molar-refractivity contribution in [2.45, 2.75) is 124 Å². The van der Waals surface area contributed by atoms with Crippen molar-refractivity contribution in [2.75, 3.05) is 57.8 Å². The number of phenols is 1. The molecule has 2 aromatic rings. The Morgan fingerprint density at radius 3 is 2.27 bits per heavy atom. The van der Waals surface area contributed by atoms with E-state index in [1.165, 1.54) is 51.5 Å². The van der Waals surface area contributed by atoms with Gasteiger partial charge in [-0.25, -0.2) is 4.39 Å². The van der Waals surface area contributed by atoms with E-state index < -0.39 is 101 Å². The molecule has 0 radical (unpaired) electrons. The lowest BCUT2D eigenvalue weighted by Gasteiger charge is -2.38. The van der Waals surface area contributed by atoms with Crippen LogP contribution in [0, 0.1) is 42.3 Å². The predicted octanol–water partition coefficient (Wildman–Crippen LogP) is 5.86. The molecule has 18 nitrogen and oxygen atoms in total. The Kier molecular flexibility index (Phi) is 16.9. The third kappa shape index (κ3) is 11.5. The number of benzene rings is 2. The van der Waals surface area contributed by atoms with Crippen molar-refractivity contribution in [1.82, 2.24) is 20.4 Å². The molecule has 5 bridgehead atoms. The minimum Gasteiger partial charge on any atom is -0.507 e. The lowest BCUT2D eigenvalue weighted by molar-refractivity contribution is -0.165. The van der Waals surface area contributed by atoms with Crippen molar-refractivity contribution in [3.63, 3.8) is 0 Å². The number of carbonyl (C=O) groups is 5. The Morgan fingerprint density at radius 1 is 0.896 bits per heavy atom. The van der Waals surface area contributed by atoms with E-state index in [4.69, 9.17) is 23.9 Å². The van der Waals surface area contributed by atoms with Crippen LogP contribution < -0.4 is 20.3 Å². The maximum atomic E-state index is 15.0. The number of aliphatic imine (C=N–C) groups is 1. The van der Waals surface area contributed by atoms with Gasteiger partial charge in [-0.15, -0.1) is 0 Å². The number of piperidine rings is 1. The van der Waals surface area contributed by atoms with Gasteiger partial charge in [0.05, 0.1) is 47.1 Å². The number of ether oxygens (including phenoxy) is 4. The van der Waals surface area contributed by atoms with Crippen molar-refractivity contribution in [1.29, 1.82) is 0 Å². The molecule has 19 heteroatoms. The number of Topliss-reactive ketones (excluding diaryl/α,β-unsaturated/α-hetero) is 2. The molecule has 9 atom stereocenters. The number of hydrogen-bond acceptors (Lipinski definition) is 16. The summed E-state index contributed by atoms with van der Waals surface area (Å²) >= 11 is 0. The summed E-state index contributed by atoms with van der Waals surface area (Å²) in [5.41, 5.74) is 0.325. The highest BCUT2D eigenvalue weighted by molar-refractivity contribution is 6.34. The Bertz CT molecular complexity index is 2800. The molecule has 1 aliphatic carbocycles. The average Bonchev–Trinajstić information content (AvgIpc) is 4.03. The van der Waals surface area contributed by atoms with Crippen LogP contribution in [0.15, 0.2) is 76.8 Å². The molecule has 5 unspecified atom stereocenters. The van der Waals surface area contributed by atoms with E-state index in [-0.39, 0.29) is 56.5 Å². The van der Waals surface area contributed by atoms with Gasteiger partial charge in [-0.2, -0.15) is 0 Å². The van der Waals surface area contributed by atoms with E-state index in [1.807, 2.05) is 0 Å². The molecule has 0 saturated carbocycles. The standard InChI is InChI=1S/C58H75FN6O12/c1-31(2)30-63-24-20-58(21-25-63)61-46-43-44-51(70)37(8)54-45(43)55(72)57(9,77-54)75-28-19-40(74-10)34(5)53(76-42(67)29-41(66)65-23-12-22-64(26-27-65)39-17-15-38(59)16-18-39)36(7)50(69)35(6)49(68)32(3)13-11-14-33(4)56(73)60-48(52(44)71)47(46)62-58/h11,13-19,28,31-32,34-36,40,49-50,53,62,68-70H,12,20-27,29-30H2,1-10H3,(H,60,73)/b13-11+,28-19+,33-14-/t32?,34-,35-,36-,40?,49+,50?,53?,57?/m1/s1. The zero-order chi connectivity index (χ0) is 55.8. The number of esters is 1. The van der Waals surface area contributed by atoms with Crippen molar-refractivity contribution >= 4 is 40.7 Å². The van der Waals surface area contributed by atoms with Crippen LogP contribution in [0.5, 0.6) is 11.5 Å². The van der Waals surface area contributed by atoms with Gasteiger partial charge in [-0.1, -0.05) is 59.8 Å². The van der Waals surface area contributed by atoms with E-state index in [2.05, 4.69) is 34.3 Å². The minimum atomic E-state index is -2.05. The number of amides is 2. The number of phenolic OH excluding ortho intramolecular Hbond substituents is 1. The van der Waals surface area contributed by atoms with Crippen LogP contribution in [0.3, 0.4) is 0 Å². The Morgan fingerprint density at radius 2 is 1.60 bits per heavy atom. The number of carbonyl (C=O) groups excluding carboxylic acids is 5. The molecule has 2 aromatic carbocycles. The summed E-state index contributed by atoms with van der Waals surface area (Å²) in [5, 5.41) is 42.0.